The van der Waals surface area contributed by atoms with Crippen molar-refractivity contribution in [2.45, 2.75) is 38.1 Å². The van der Waals surface area contributed by atoms with Crippen molar-refractivity contribution in [1.29, 1.82) is 0 Å². The number of carboxylic acids is 1. The van der Waals surface area contributed by atoms with Gasteiger partial charge in [0, 0.05) is 18.8 Å². The molecule has 0 saturated heterocycles. The van der Waals surface area contributed by atoms with Crippen molar-refractivity contribution in [2.24, 2.45) is 0 Å². The Kier molecular flexibility index (Phi) is 3.99. The zero-order chi connectivity index (χ0) is 15.8. The molecule has 116 valence electrons. The van der Waals surface area contributed by atoms with E-state index in [2.05, 4.69) is 4.72 Å². The van der Waals surface area contributed by atoms with E-state index in [-0.39, 0.29) is 6.04 Å². The molecule has 0 unspecified atom stereocenters. The highest BCUT2D eigenvalue weighted by Crippen LogP contribution is 2.48. The number of carboxylic acid groups (broad SMARTS) is 1. The normalized spacial score (nSPS) is 17.0. The standard InChI is InChI=1S/C14H20N2O4S/c1-10(2)16(3)21(19,20)15-12-6-4-11(5-7-12)14(8-9-14)13(17)18/h4-7,10,15H,8-9H2,1-3H3,(H,17,18). The molecule has 0 amide bonds. The van der Waals surface area contributed by atoms with Crippen LogP contribution in [-0.2, 0) is 20.4 Å². The number of carbonyl (C=O) groups is 1. The third-order valence-corrected chi connectivity index (χ3v) is 5.62. The van der Waals surface area contributed by atoms with Gasteiger partial charge >= 0.3 is 16.2 Å². The van der Waals surface area contributed by atoms with Crippen molar-refractivity contribution >= 4 is 21.9 Å². The maximum atomic E-state index is 12.1. The second kappa shape index (κ2) is 5.31. The molecule has 1 aliphatic rings. The Morgan fingerprint density at radius 3 is 2.19 bits per heavy atom. The highest BCUT2D eigenvalue weighted by atomic mass is 32.2. The first-order valence-corrected chi connectivity index (χ1v) is 8.23. The second-order valence-electron chi connectivity index (χ2n) is 5.68. The van der Waals surface area contributed by atoms with Gasteiger partial charge in [-0.05, 0) is 44.4 Å². The van der Waals surface area contributed by atoms with Crippen LogP contribution in [0.25, 0.3) is 0 Å². The summed E-state index contributed by atoms with van der Waals surface area (Å²) in [6.07, 6.45) is 1.26. The van der Waals surface area contributed by atoms with Crippen molar-refractivity contribution in [1.82, 2.24) is 4.31 Å². The minimum atomic E-state index is -3.59. The monoisotopic (exact) mass is 312 g/mol. The molecule has 6 nitrogen and oxygen atoms in total. The van der Waals surface area contributed by atoms with Crippen molar-refractivity contribution in [3.63, 3.8) is 0 Å². The van der Waals surface area contributed by atoms with Gasteiger partial charge in [0.25, 0.3) is 0 Å². The van der Waals surface area contributed by atoms with Gasteiger partial charge in [0.15, 0.2) is 0 Å². The van der Waals surface area contributed by atoms with Crippen LogP contribution in [0.4, 0.5) is 5.69 Å². The lowest BCUT2D eigenvalue weighted by molar-refractivity contribution is -0.140. The minimum Gasteiger partial charge on any atom is -0.481 e. The zero-order valence-electron chi connectivity index (χ0n) is 12.3. The molecule has 0 bridgehead atoms. The van der Waals surface area contributed by atoms with E-state index in [4.69, 9.17) is 0 Å². The lowest BCUT2D eigenvalue weighted by Crippen LogP contribution is -2.37. The average Bonchev–Trinajstić information content (AvgIpc) is 3.19. The summed E-state index contributed by atoms with van der Waals surface area (Å²) in [5, 5.41) is 9.23. The number of benzene rings is 1. The van der Waals surface area contributed by atoms with E-state index >= 15 is 0 Å². The zero-order valence-corrected chi connectivity index (χ0v) is 13.1. The molecule has 0 radical (unpaired) electrons. The fourth-order valence-corrected chi connectivity index (χ4v) is 3.24. The molecule has 1 aromatic carbocycles. The van der Waals surface area contributed by atoms with Gasteiger partial charge in [-0.15, -0.1) is 0 Å². The molecule has 0 aliphatic heterocycles. The summed E-state index contributed by atoms with van der Waals surface area (Å²) in [7, 11) is -2.09. The number of anilines is 1. The van der Waals surface area contributed by atoms with Crippen molar-refractivity contribution in [3.05, 3.63) is 29.8 Å². The third-order valence-electron chi connectivity index (χ3n) is 3.95. The summed E-state index contributed by atoms with van der Waals surface area (Å²) in [6.45, 7) is 3.57. The molecule has 1 aliphatic carbocycles. The topological polar surface area (TPSA) is 86.7 Å². The van der Waals surface area contributed by atoms with E-state index in [9.17, 15) is 18.3 Å². The van der Waals surface area contributed by atoms with Crippen LogP contribution in [0.15, 0.2) is 24.3 Å². The Labute approximate surface area is 125 Å². The van der Waals surface area contributed by atoms with Crippen LogP contribution in [0.5, 0.6) is 0 Å². The summed E-state index contributed by atoms with van der Waals surface area (Å²) in [5.41, 5.74) is 0.370. The van der Waals surface area contributed by atoms with Crippen molar-refractivity contribution in [2.75, 3.05) is 11.8 Å². The SMILES string of the molecule is CC(C)N(C)S(=O)(=O)Nc1ccc(C2(C(=O)O)CC2)cc1. The summed E-state index contributed by atoms with van der Waals surface area (Å²) in [5.74, 6) is -0.824. The van der Waals surface area contributed by atoms with Gasteiger partial charge in [0.05, 0.1) is 5.41 Å². The first-order chi connectivity index (χ1) is 9.69. The number of hydrogen-bond acceptors (Lipinski definition) is 3. The molecule has 1 aromatic rings. The van der Waals surface area contributed by atoms with Crippen LogP contribution in [0.1, 0.15) is 32.3 Å². The summed E-state index contributed by atoms with van der Waals surface area (Å²) in [6, 6.07) is 6.40. The Balaban J connectivity index is 2.16. The smallest absolute Gasteiger partial charge is 0.314 e. The molecule has 0 atom stereocenters. The average molecular weight is 312 g/mol. The lowest BCUT2D eigenvalue weighted by Gasteiger charge is -2.22. The van der Waals surface area contributed by atoms with Gasteiger partial charge in [-0.25, -0.2) is 0 Å². The lowest BCUT2D eigenvalue weighted by atomic mass is 9.96. The van der Waals surface area contributed by atoms with Gasteiger partial charge in [0.2, 0.25) is 0 Å². The molecule has 0 heterocycles. The van der Waals surface area contributed by atoms with Crippen LogP contribution >= 0.6 is 0 Å². The maximum Gasteiger partial charge on any atom is 0.314 e. The highest BCUT2D eigenvalue weighted by Gasteiger charge is 2.51. The van der Waals surface area contributed by atoms with E-state index in [1.807, 2.05) is 0 Å². The Morgan fingerprint density at radius 1 is 1.29 bits per heavy atom. The van der Waals surface area contributed by atoms with Crippen LogP contribution in [0.2, 0.25) is 0 Å². The Bertz CT molecular complexity index is 633. The molecule has 7 heteroatoms. The second-order valence-corrected chi connectivity index (χ2v) is 7.41. The molecule has 2 N–H and O–H groups in total. The molecular formula is C14H20N2O4S. The Hall–Kier alpha value is -1.60. The van der Waals surface area contributed by atoms with Gasteiger partial charge in [0.1, 0.15) is 0 Å². The number of rotatable bonds is 6. The van der Waals surface area contributed by atoms with Crippen LogP contribution in [0, 0.1) is 0 Å². The number of nitrogens with zero attached hydrogens (tertiary/aromatic N) is 1. The summed E-state index contributed by atoms with van der Waals surface area (Å²) in [4.78, 5) is 11.2. The number of nitrogens with one attached hydrogen (secondary N) is 1. The molecular weight excluding hydrogens is 292 g/mol. The van der Waals surface area contributed by atoms with E-state index in [1.165, 1.54) is 11.4 Å². The predicted molar refractivity (Wildman–Crippen MR) is 80.4 cm³/mol. The quantitative estimate of drug-likeness (QED) is 0.838. The van der Waals surface area contributed by atoms with Crippen LogP contribution in [-0.4, -0.2) is 36.9 Å². The van der Waals surface area contributed by atoms with E-state index in [0.29, 0.717) is 18.5 Å². The largest absolute Gasteiger partial charge is 0.481 e. The van der Waals surface area contributed by atoms with E-state index in [1.54, 1.807) is 38.1 Å². The fourth-order valence-electron chi connectivity index (χ4n) is 2.11. The van der Waals surface area contributed by atoms with Gasteiger partial charge in [-0.3, -0.25) is 9.52 Å². The molecule has 21 heavy (non-hydrogen) atoms. The third kappa shape index (κ3) is 3.03. The summed E-state index contributed by atoms with van der Waals surface area (Å²) < 4.78 is 27.8. The molecule has 0 spiro atoms. The van der Waals surface area contributed by atoms with Crippen molar-refractivity contribution < 1.29 is 18.3 Å². The predicted octanol–water partition coefficient (Wildman–Crippen LogP) is 1.80. The number of aliphatic carboxylic acids is 1. The van der Waals surface area contributed by atoms with E-state index < -0.39 is 21.6 Å². The molecule has 2 rings (SSSR count). The van der Waals surface area contributed by atoms with Gasteiger partial charge < -0.3 is 5.11 Å². The van der Waals surface area contributed by atoms with Crippen molar-refractivity contribution in [3.8, 4) is 0 Å². The van der Waals surface area contributed by atoms with Crippen LogP contribution in [0.3, 0.4) is 0 Å². The van der Waals surface area contributed by atoms with Gasteiger partial charge in [-0.2, -0.15) is 12.7 Å². The first kappa shape index (κ1) is 15.8. The highest BCUT2D eigenvalue weighted by molar-refractivity contribution is 7.90. The van der Waals surface area contributed by atoms with E-state index in [0.717, 1.165) is 5.56 Å². The van der Waals surface area contributed by atoms with Crippen LogP contribution < -0.4 is 4.72 Å². The Morgan fingerprint density at radius 2 is 1.81 bits per heavy atom. The minimum absolute atomic E-state index is 0.150. The fraction of sp³-hybridized carbons (Fsp3) is 0.500. The molecule has 1 fully saturated rings. The molecule has 1 saturated carbocycles. The first-order valence-electron chi connectivity index (χ1n) is 6.79. The number of hydrogen-bond donors (Lipinski definition) is 2. The van der Waals surface area contributed by atoms with Gasteiger partial charge in [-0.1, -0.05) is 12.1 Å². The summed E-state index contributed by atoms with van der Waals surface area (Å²) >= 11 is 0. The maximum absolute atomic E-state index is 12.1. The molecule has 0 aromatic heterocycles.